The van der Waals surface area contributed by atoms with Gasteiger partial charge < -0.3 is 35.0 Å². The minimum absolute atomic E-state index is 0.0880. The molecule has 144 valence electrons. The first-order valence-corrected chi connectivity index (χ1v) is 8.36. The van der Waals surface area contributed by atoms with Crippen molar-refractivity contribution >= 4 is 5.57 Å². The van der Waals surface area contributed by atoms with Gasteiger partial charge >= 0.3 is 0 Å². The lowest BCUT2D eigenvalue weighted by Crippen LogP contribution is -2.55. The Balaban J connectivity index is 2.08. The van der Waals surface area contributed by atoms with Gasteiger partial charge in [-0.1, -0.05) is 25.8 Å². The third kappa shape index (κ3) is 3.09. The highest BCUT2D eigenvalue weighted by atomic mass is 16.5. The third-order valence-electron chi connectivity index (χ3n) is 4.89. The molecule has 1 aromatic carbocycles. The van der Waals surface area contributed by atoms with E-state index in [2.05, 4.69) is 19.7 Å². The lowest BCUT2D eigenvalue weighted by molar-refractivity contribution is -0.232. The quantitative estimate of drug-likeness (QED) is 0.498. The van der Waals surface area contributed by atoms with Crippen LogP contribution in [0.5, 0.6) is 11.5 Å². The van der Waals surface area contributed by atoms with Crippen molar-refractivity contribution in [2.45, 2.75) is 30.5 Å². The third-order valence-corrected chi connectivity index (χ3v) is 4.89. The fourth-order valence-electron chi connectivity index (χ4n) is 3.28. The lowest BCUT2D eigenvalue weighted by Gasteiger charge is -2.41. The maximum atomic E-state index is 10.4. The van der Waals surface area contributed by atoms with Gasteiger partial charge in [-0.15, -0.1) is 0 Å². The first-order chi connectivity index (χ1) is 12.8. The zero-order valence-corrected chi connectivity index (χ0v) is 14.6. The Hall–Kier alpha value is -2.42. The van der Waals surface area contributed by atoms with Crippen LogP contribution in [0, 0.1) is 0 Å². The number of hydrogen-bond donors (Lipinski definition) is 5. The maximum absolute atomic E-state index is 10.4. The van der Waals surface area contributed by atoms with E-state index in [0.29, 0.717) is 22.3 Å². The number of allylic oxidation sites excluding steroid dienone is 4. The molecule has 0 bridgehead atoms. The number of hydrogen-bond acceptors (Lipinski definition) is 7. The zero-order valence-electron chi connectivity index (χ0n) is 14.6. The van der Waals surface area contributed by atoms with Crippen molar-refractivity contribution in [2.24, 2.45) is 0 Å². The van der Waals surface area contributed by atoms with E-state index in [9.17, 15) is 25.5 Å². The fourth-order valence-corrected chi connectivity index (χ4v) is 3.28. The highest BCUT2D eigenvalue weighted by molar-refractivity contribution is 5.88. The van der Waals surface area contributed by atoms with Crippen molar-refractivity contribution in [3.05, 3.63) is 66.5 Å². The van der Waals surface area contributed by atoms with E-state index in [1.807, 2.05) is 0 Å². The molecule has 5 N–H and O–H groups in total. The molecular weight excluding hydrogens is 352 g/mol. The van der Waals surface area contributed by atoms with Gasteiger partial charge in [-0.2, -0.15) is 0 Å². The summed E-state index contributed by atoms with van der Waals surface area (Å²) in [6.45, 7) is 11.0. The van der Waals surface area contributed by atoms with E-state index in [0.717, 1.165) is 0 Å². The molecule has 27 heavy (non-hydrogen) atoms. The lowest BCUT2D eigenvalue weighted by atomic mass is 9.86. The van der Waals surface area contributed by atoms with Crippen molar-refractivity contribution < 1.29 is 35.0 Å². The highest BCUT2D eigenvalue weighted by Crippen LogP contribution is 2.48. The average molecular weight is 374 g/mol. The summed E-state index contributed by atoms with van der Waals surface area (Å²) in [5.74, 6) is -0.0322. The molecule has 2 unspecified atom stereocenters. The van der Waals surface area contributed by atoms with Gasteiger partial charge in [0.1, 0.15) is 42.0 Å². The Morgan fingerprint density at radius 1 is 1.15 bits per heavy atom. The molecule has 3 rings (SSSR count). The second-order valence-electron chi connectivity index (χ2n) is 6.48. The first-order valence-electron chi connectivity index (χ1n) is 8.36. The molecule has 7 heteroatoms. The number of aromatic hydroxyl groups is 1. The molecule has 0 aliphatic carbocycles. The summed E-state index contributed by atoms with van der Waals surface area (Å²) in [7, 11) is 0. The second-order valence-corrected chi connectivity index (χ2v) is 6.48. The molecular formula is C20H22O7. The number of aliphatic hydroxyl groups is 4. The van der Waals surface area contributed by atoms with Gasteiger partial charge in [0.05, 0.1) is 18.4 Å². The summed E-state index contributed by atoms with van der Waals surface area (Å²) in [5.41, 5.74) is 2.44. The van der Waals surface area contributed by atoms with Gasteiger partial charge in [-0.3, -0.25) is 0 Å². The van der Waals surface area contributed by atoms with E-state index in [1.54, 1.807) is 12.1 Å². The molecule has 5 atom stereocenters. The van der Waals surface area contributed by atoms with Crippen LogP contribution in [0.2, 0.25) is 0 Å². The molecule has 0 amide bonds. The number of rotatable bonds is 4. The SMILES string of the molecule is C=CC(=C)C1=COc2c(ccc(O)c2[C@@H]2OC(CO)[C@@H](O)C(O)[C@@H]2O)C1=C. The molecule has 0 aromatic heterocycles. The number of fused-ring (bicyclic) bond motifs is 1. The molecule has 0 radical (unpaired) electrons. The van der Waals surface area contributed by atoms with Crippen LogP contribution in [0.15, 0.2) is 55.4 Å². The molecule has 1 aromatic rings. The van der Waals surface area contributed by atoms with Crippen LogP contribution in [-0.4, -0.2) is 56.6 Å². The van der Waals surface area contributed by atoms with Crippen molar-refractivity contribution in [1.29, 1.82) is 0 Å². The van der Waals surface area contributed by atoms with E-state index >= 15 is 0 Å². The Kier molecular flexibility index (Phi) is 5.23. The van der Waals surface area contributed by atoms with Crippen LogP contribution >= 0.6 is 0 Å². The Labute approximate surface area is 156 Å². The molecule has 2 heterocycles. The number of benzene rings is 1. The van der Waals surface area contributed by atoms with Crippen LogP contribution in [-0.2, 0) is 4.74 Å². The molecule has 1 saturated heterocycles. The summed E-state index contributed by atoms with van der Waals surface area (Å²) < 4.78 is 11.2. The van der Waals surface area contributed by atoms with Gasteiger partial charge in [0.25, 0.3) is 0 Å². The largest absolute Gasteiger partial charge is 0.507 e. The number of phenolic OH excluding ortho intramolecular Hbond substituents is 1. The topological polar surface area (TPSA) is 120 Å². The van der Waals surface area contributed by atoms with Crippen molar-refractivity contribution in [3.63, 3.8) is 0 Å². The summed E-state index contributed by atoms with van der Waals surface area (Å²) in [5, 5.41) is 50.2. The average Bonchev–Trinajstić information content (AvgIpc) is 2.67. The smallest absolute Gasteiger partial charge is 0.144 e. The van der Waals surface area contributed by atoms with Crippen LogP contribution in [0.1, 0.15) is 17.2 Å². The van der Waals surface area contributed by atoms with Crippen molar-refractivity contribution in [1.82, 2.24) is 0 Å². The normalized spacial score (nSPS) is 30.1. The standard InChI is InChI=1S/C20H22O7/c1-4-9(2)12-8-26-19-11(10(12)3)5-6-13(22)15(19)20-18(25)17(24)16(23)14(7-21)27-20/h4-6,8,14,16-18,20-25H,1-3,7H2/t14?,16-,17?,18+,20+/m1/s1. The maximum Gasteiger partial charge on any atom is 0.144 e. The van der Waals surface area contributed by atoms with Crippen LogP contribution < -0.4 is 4.74 Å². The highest BCUT2D eigenvalue weighted by Gasteiger charge is 2.46. The summed E-state index contributed by atoms with van der Waals surface area (Å²) in [6.07, 6.45) is -4.00. The summed E-state index contributed by atoms with van der Waals surface area (Å²) in [6, 6.07) is 2.99. The van der Waals surface area contributed by atoms with Crippen LogP contribution in [0.3, 0.4) is 0 Å². The Morgan fingerprint density at radius 3 is 2.48 bits per heavy atom. The Morgan fingerprint density at radius 2 is 1.85 bits per heavy atom. The summed E-state index contributed by atoms with van der Waals surface area (Å²) >= 11 is 0. The van der Waals surface area contributed by atoms with Gasteiger partial charge in [0.15, 0.2) is 0 Å². The molecule has 2 aliphatic rings. The van der Waals surface area contributed by atoms with Crippen molar-refractivity contribution in [3.8, 4) is 11.5 Å². The molecule has 0 saturated carbocycles. The molecule has 0 spiro atoms. The fraction of sp³-hybridized carbons (Fsp3) is 0.300. The number of aliphatic hydroxyl groups excluding tert-OH is 4. The van der Waals surface area contributed by atoms with E-state index in [-0.39, 0.29) is 17.1 Å². The van der Waals surface area contributed by atoms with Crippen molar-refractivity contribution in [2.75, 3.05) is 6.61 Å². The molecule has 1 fully saturated rings. The minimum atomic E-state index is -1.57. The van der Waals surface area contributed by atoms with Gasteiger partial charge in [-0.25, -0.2) is 0 Å². The predicted molar refractivity (Wildman–Crippen MR) is 97.9 cm³/mol. The first kappa shape index (κ1) is 19.3. The van der Waals surface area contributed by atoms with E-state index < -0.39 is 37.1 Å². The van der Waals surface area contributed by atoms with E-state index in [1.165, 1.54) is 12.3 Å². The monoisotopic (exact) mass is 374 g/mol. The molecule has 7 nitrogen and oxygen atoms in total. The predicted octanol–water partition coefficient (Wildman–Crippen LogP) is 0.939. The van der Waals surface area contributed by atoms with E-state index in [4.69, 9.17) is 9.47 Å². The van der Waals surface area contributed by atoms with Crippen LogP contribution in [0.25, 0.3) is 5.57 Å². The van der Waals surface area contributed by atoms with Gasteiger partial charge in [0, 0.05) is 11.1 Å². The molecule has 2 aliphatic heterocycles. The zero-order chi connectivity index (χ0) is 19.9. The second kappa shape index (κ2) is 7.30. The summed E-state index contributed by atoms with van der Waals surface area (Å²) in [4.78, 5) is 0. The van der Waals surface area contributed by atoms with Crippen LogP contribution in [0.4, 0.5) is 0 Å². The van der Waals surface area contributed by atoms with Gasteiger partial charge in [-0.05, 0) is 23.3 Å². The number of phenols is 1. The van der Waals surface area contributed by atoms with Gasteiger partial charge in [0.2, 0.25) is 0 Å². The number of ether oxygens (including phenoxy) is 2. The Bertz CT molecular complexity index is 824. The minimum Gasteiger partial charge on any atom is -0.507 e.